The van der Waals surface area contributed by atoms with Crippen molar-refractivity contribution < 1.29 is 9.84 Å². The molecule has 98 valence electrons. The van der Waals surface area contributed by atoms with Crippen LogP contribution in [-0.2, 0) is 0 Å². The molecule has 0 aromatic heterocycles. The molecule has 0 aliphatic heterocycles. The predicted octanol–water partition coefficient (Wildman–Crippen LogP) is 3.38. The molecule has 0 spiro atoms. The Bertz CT molecular complexity index is 388. The first kappa shape index (κ1) is 14.6. The molecule has 0 saturated carbocycles. The minimum Gasteiger partial charge on any atom is -0.492 e. The number of para-hydroxylation sites is 1. The van der Waals surface area contributed by atoms with E-state index >= 15 is 0 Å². The molecule has 0 aliphatic carbocycles. The molecule has 0 atom stereocenters. The minimum absolute atomic E-state index is 0.104. The Labute approximate surface area is 110 Å². The van der Waals surface area contributed by atoms with E-state index in [1.165, 1.54) is 19.3 Å². The molecule has 0 unspecified atom stereocenters. The second kappa shape index (κ2) is 9.56. The summed E-state index contributed by atoms with van der Waals surface area (Å²) in [4.78, 5) is 0. The molecule has 1 N–H and O–H groups in total. The highest BCUT2D eigenvalue weighted by Gasteiger charge is 1.99. The van der Waals surface area contributed by atoms with Gasteiger partial charge in [-0.1, -0.05) is 50.2 Å². The minimum atomic E-state index is 0.104. The highest BCUT2D eigenvalue weighted by atomic mass is 16.5. The van der Waals surface area contributed by atoms with Crippen LogP contribution in [-0.4, -0.2) is 18.3 Å². The number of rotatable bonds is 7. The van der Waals surface area contributed by atoms with E-state index in [-0.39, 0.29) is 6.61 Å². The molecule has 0 amide bonds. The van der Waals surface area contributed by atoms with Gasteiger partial charge in [0, 0.05) is 6.42 Å². The number of hydrogen-bond acceptors (Lipinski definition) is 2. The molecule has 0 radical (unpaired) electrons. The van der Waals surface area contributed by atoms with Gasteiger partial charge in [0.2, 0.25) is 0 Å². The van der Waals surface area contributed by atoms with Gasteiger partial charge in [0.25, 0.3) is 0 Å². The van der Waals surface area contributed by atoms with Crippen molar-refractivity contribution in [3.05, 3.63) is 29.8 Å². The van der Waals surface area contributed by atoms with Crippen molar-refractivity contribution in [3.8, 4) is 17.6 Å². The fourth-order valence-corrected chi connectivity index (χ4v) is 1.62. The van der Waals surface area contributed by atoms with E-state index in [1.807, 2.05) is 24.3 Å². The third-order valence-corrected chi connectivity index (χ3v) is 2.60. The molecule has 1 rings (SSSR count). The Kier molecular flexibility index (Phi) is 7.75. The summed E-state index contributed by atoms with van der Waals surface area (Å²) in [6.45, 7) is 3.05. The first-order valence-corrected chi connectivity index (χ1v) is 6.70. The van der Waals surface area contributed by atoms with Crippen molar-refractivity contribution in [2.45, 2.75) is 39.0 Å². The number of aliphatic hydroxyl groups is 1. The number of aliphatic hydroxyl groups excluding tert-OH is 1. The van der Waals surface area contributed by atoms with Crippen LogP contribution in [0.25, 0.3) is 0 Å². The fraction of sp³-hybridized carbons (Fsp3) is 0.500. The van der Waals surface area contributed by atoms with Crippen molar-refractivity contribution in [1.29, 1.82) is 0 Å². The van der Waals surface area contributed by atoms with Gasteiger partial charge in [0.1, 0.15) is 5.75 Å². The van der Waals surface area contributed by atoms with E-state index in [4.69, 9.17) is 9.84 Å². The number of benzene rings is 1. The molecule has 1 aromatic rings. The molecular weight excluding hydrogens is 224 g/mol. The van der Waals surface area contributed by atoms with Crippen LogP contribution in [0.5, 0.6) is 5.75 Å². The van der Waals surface area contributed by atoms with Gasteiger partial charge in [0.15, 0.2) is 0 Å². The zero-order valence-corrected chi connectivity index (χ0v) is 11.1. The van der Waals surface area contributed by atoms with E-state index in [1.54, 1.807) is 0 Å². The summed E-state index contributed by atoms with van der Waals surface area (Å²) in [5.74, 6) is 6.80. The summed E-state index contributed by atoms with van der Waals surface area (Å²) < 4.78 is 5.75. The maximum atomic E-state index is 8.70. The lowest BCUT2D eigenvalue weighted by atomic mass is 10.2. The number of unbranched alkanes of at least 4 members (excludes halogenated alkanes) is 3. The molecule has 2 nitrogen and oxygen atoms in total. The average molecular weight is 246 g/mol. The molecule has 0 saturated heterocycles. The zero-order valence-electron chi connectivity index (χ0n) is 11.1. The molecule has 0 aliphatic rings. The van der Waals surface area contributed by atoms with E-state index in [9.17, 15) is 0 Å². The SMILES string of the molecule is CCCCCCOc1ccccc1C#CCCO. The van der Waals surface area contributed by atoms with Gasteiger partial charge in [-0.25, -0.2) is 0 Å². The molecule has 1 aromatic carbocycles. The highest BCUT2D eigenvalue weighted by molar-refractivity contribution is 5.45. The van der Waals surface area contributed by atoms with Crippen molar-refractivity contribution in [2.24, 2.45) is 0 Å². The van der Waals surface area contributed by atoms with Gasteiger partial charge in [-0.2, -0.15) is 0 Å². The van der Waals surface area contributed by atoms with E-state index in [0.29, 0.717) is 6.42 Å². The first-order valence-electron chi connectivity index (χ1n) is 6.70. The van der Waals surface area contributed by atoms with Crippen LogP contribution in [0.1, 0.15) is 44.6 Å². The summed E-state index contributed by atoms with van der Waals surface area (Å²) in [7, 11) is 0. The van der Waals surface area contributed by atoms with Crippen LogP contribution in [0.4, 0.5) is 0 Å². The molecule has 0 heterocycles. The number of ether oxygens (including phenoxy) is 1. The maximum absolute atomic E-state index is 8.70. The van der Waals surface area contributed by atoms with Crippen LogP contribution in [0.3, 0.4) is 0 Å². The maximum Gasteiger partial charge on any atom is 0.134 e. The summed E-state index contributed by atoms with van der Waals surface area (Å²) in [5.41, 5.74) is 0.904. The van der Waals surface area contributed by atoms with Crippen molar-refractivity contribution in [3.63, 3.8) is 0 Å². The highest BCUT2D eigenvalue weighted by Crippen LogP contribution is 2.17. The summed E-state index contributed by atoms with van der Waals surface area (Å²) in [6.07, 6.45) is 5.32. The van der Waals surface area contributed by atoms with Gasteiger partial charge < -0.3 is 9.84 Å². The van der Waals surface area contributed by atoms with Crippen molar-refractivity contribution >= 4 is 0 Å². The largest absolute Gasteiger partial charge is 0.492 e. The zero-order chi connectivity index (χ0) is 13.1. The Balaban J connectivity index is 2.47. The van der Waals surface area contributed by atoms with E-state index < -0.39 is 0 Å². The fourth-order valence-electron chi connectivity index (χ4n) is 1.62. The standard InChI is InChI=1S/C16H22O2/c1-2-3-4-9-14-18-16-12-6-5-10-15(16)11-7-8-13-17/h5-6,10,12,17H,2-4,8-9,13-14H2,1H3. The van der Waals surface area contributed by atoms with E-state index in [2.05, 4.69) is 18.8 Å². The van der Waals surface area contributed by atoms with E-state index in [0.717, 1.165) is 24.3 Å². The van der Waals surface area contributed by atoms with Gasteiger partial charge >= 0.3 is 0 Å². The molecule has 18 heavy (non-hydrogen) atoms. The lowest BCUT2D eigenvalue weighted by molar-refractivity contribution is 0.303. The second-order valence-electron chi connectivity index (χ2n) is 4.18. The van der Waals surface area contributed by atoms with Gasteiger partial charge in [0.05, 0.1) is 18.8 Å². The third kappa shape index (κ3) is 5.75. The molecule has 2 heteroatoms. The molecular formula is C16H22O2. The summed E-state index contributed by atoms with van der Waals surface area (Å²) in [6, 6.07) is 7.81. The Morgan fingerprint density at radius 2 is 2.00 bits per heavy atom. The number of hydrogen-bond donors (Lipinski definition) is 1. The predicted molar refractivity (Wildman–Crippen MR) is 74.7 cm³/mol. The average Bonchev–Trinajstić information content (AvgIpc) is 2.40. The van der Waals surface area contributed by atoms with Gasteiger partial charge in [-0.15, -0.1) is 0 Å². The van der Waals surface area contributed by atoms with Crippen LogP contribution in [0, 0.1) is 11.8 Å². The summed E-state index contributed by atoms with van der Waals surface area (Å²) in [5, 5.41) is 8.70. The molecule has 0 fully saturated rings. The Morgan fingerprint density at radius 1 is 1.17 bits per heavy atom. The van der Waals surface area contributed by atoms with Gasteiger partial charge in [-0.3, -0.25) is 0 Å². The normalized spacial score (nSPS) is 9.67. The van der Waals surface area contributed by atoms with Crippen LogP contribution in [0.15, 0.2) is 24.3 Å². The van der Waals surface area contributed by atoms with Crippen LogP contribution >= 0.6 is 0 Å². The third-order valence-electron chi connectivity index (χ3n) is 2.60. The van der Waals surface area contributed by atoms with Crippen LogP contribution in [0.2, 0.25) is 0 Å². The monoisotopic (exact) mass is 246 g/mol. The molecule has 0 bridgehead atoms. The smallest absolute Gasteiger partial charge is 0.134 e. The first-order chi connectivity index (χ1) is 8.88. The van der Waals surface area contributed by atoms with Crippen molar-refractivity contribution in [2.75, 3.05) is 13.2 Å². The Hall–Kier alpha value is -1.46. The quantitative estimate of drug-likeness (QED) is 0.590. The van der Waals surface area contributed by atoms with Crippen molar-refractivity contribution in [1.82, 2.24) is 0 Å². The van der Waals surface area contributed by atoms with Crippen LogP contribution < -0.4 is 4.74 Å². The van der Waals surface area contributed by atoms with Gasteiger partial charge in [-0.05, 0) is 18.6 Å². The second-order valence-corrected chi connectivity index (χ2v) is 4.18. The lowest BCUT2D eigenvalue weighted by Crippen LogP contribution is -1.98. The topological polar surface area (TPSA) is 29.5 Å². The lowest BCUT2D eigenvalue weighted by Gasteiger charge is -2.07. The Morgan fingerprint density at radius 3 is 2.78 bits per heavy atom. The summed E-state index contributed by atoms with van der Waals surface area (Å²) >= 11 is 0.